The predicted molar refractivity (Wildman–Crippen MR) is 78.7 cm³/mol. The third-order valence-corrected chi connectivity index (χ3v) is 3.10. The number of carbonyl (C=O) groups excluding carboxylic acids is 1. The van der Waals surface area contributed by atoms with E-state index < -0.39 is 0 Å². The van der Waals surface area contributed by atoms with E-state index in [1.165, 1.54) is 12.5 Å². The van der Waals surface area contributed by atoms with Gasteiger partial charge in [-0.1, -0.05) is 11.6 Å². The summed E-state index contributed by atoms with van der Waals surface area (Å²) in [5.41, 5.74) is 4.09. The zero-order valence-electron chi connectivity index (χ0n) is 11.1. The Morgan fingerprint density at radius 2 is 2.33 bits per heavy atom. The van der Waals surface area contributed by atoms with E-state index in [0.29, 0.717) is 27.8 Å². The van der Waals surface area contributed by atoms with Crippen LogP contribution in [0.25, 0.3) is 5.65 Å². The maximum atomic E-state index is 12.2. The van der Waals surface area contributed by atoms with Crippen LogP contribution in [0.2, 0.25) is 5.02 Å². The second kappa shape index (κ2) is 5.41. The number of pyridine rings is 1. The molecule has 0 aliphatic rings. The summed E-state index contributed by atoms with van der Waals surface area (Å²) in [5, 5.41) is 4.37. The van der Waals surface area contributed by atoms with Crippen LogP contribution in [0, 0.1) is 6.92 Å². The quantitative estimate of drug-likeness (QED) is 0.597. The summed E-state index contributed by atoms with van der Waals surface area (Å²) < 4.78 is 6.71. The molecule has 0 atom stereocenters. The molecule has 21 heavy (non-hydrogen) atoms. The summed E-state index contributed by atoms with van der Waals surface area (Å²) in [6, 6.07) is 6.94. The zero-order valence-corrected chi connectivity index (χ0v) is 11.8. The molecule has 0 bridgehead atoms. The standard InChI is InChI=1S/C14H11ClN4O2/c1-9-13(19-8-10(15)4-5-12(19)17-9)14(20)18-16-7-11-3-2-6-21-11/h2-8H,1H3,(H,18,20). The molecule has 3 rings (SSSR count). The highest BCUT2D eigenvalue weighted by Crippen LogP contribution is 2.16. The van der Waals surface area contributed by atoms with Crippen LogP contribution >= 0.6 is 11.6 Å². The minimum atomic E-state index is -0.370. The van der Waals surface area contributed by atoms with Gasteiger partial charge in [0.25, 0.3) is 5.91 Å². The molecule has 0 aliphatic heterocycles. The Bertz CT molecular complexity index is 821. The van der Waals surface area contributed by atoms with Gasteiger partial charge in [0.2, 0.25) is 0 Å². The Labute approximate surface area is 125 Å². The Morgan fingerprint density at radius 1 is 1.48 bits per heavy atom. The van der Waals surface area contributed by atoms with Crippen molar-refractivity contribution in [3.05, 3.63) is 58.9 Å². The largest absolute Gasteiger partial charge is 0.463 e. The minimum Gasteiger partial charge on any atom is -0.463 e. The number of hydrogen-bond donors (Lipinski definition) is 1. The molecule has 0 saturated heterocycles. The summed E-state index contributed by atoms with van der Waals surface area (Å²) in [5.74, 6) is 0.179. The van der Waals surface area contributed by atoms with Crippen molar-refractivity contribution in [2.45, 2.75) is 6.92 Å². The topological polar surface area (TPSA) is 71.9 Å². The van der Waals surface area contributed by atoms with E-state index in [1.54, 1.807) is 41.8 Å². The molecule has 3 aromatic heterocycles. The van der Waals surface area contributed by atoms with Crippen molar-refractivity contribution in [3.8, 4) is 0 Å². The molecule has 1 N–H and O–H groups in total. The number of furan rings is 1. The molecule has 0 unspecified atom stereocenters. The average molecular weight is 303 g/mol. The number of rotatable bonds is 3. The molecule has 3 heterocycles. The molecule has 0 fully saturated rings. The van der Waals surface area contributed by atoms with Crippen molar-refractivity contribution in [2.75, 3.05) is 0 Å². The summed E-state index contributed by atoms with van der Waals surface area (Å²) in [7, 11) is 0. The minimum absolute atomic E-state index is 0.370. The summed E-state index contributed by atoms with van der Waals surface area (Å²) in [4.78, 5) is 16.5. The van der Waals surface area contributed by atoms with E-state index in [2.05, 4.69) is 15.5 Å². The number of halogens is 1. The number of hydrogen-bond acceptors (Lipinski definition) is 4. The van der Waals surface area contributed by atoms with Gasteiger partial charge in [0, 0.05) is 6.20 Å². The molecule has 0 radical (unpaired) electrons. The molecule has 7 heteroatoms. The lowest BCUT2D eigenvalue weighted by Crippen LogP contribution is -2.20. The van der Waals surface area contributed by atoms with Crippen LogP contribution < -0.4 is 5.43 Å². The molecule has 3 aromatic rings. The lowest BCUT2D eigenvalue weighted by molar-refractivity contribution is 0.0948. The number of fused-ring (bicyclic) bond motifs is 1. The highest BCUT2D eigenvalue weighted by Gasteiger charge is 2.16. The fourth-order valence-corrected chi connectivity index (χ4v) is 2.14. The van der Waals surface area contributed by atoms with E-state index in [1.807, 2.05) is 0 Å². The number of nitrogens with zero attached hydrogens (tertiary/aromatic N) is 3. The van der Waals surface area contributed by atoms with Crippen LogP contribution in [0.3, 0.4) is 0 Å². The lowest BCUT2D eigenvalue weighted by atomic mass is 10.3. The van der Waals surface area contributed by atoms with Gasteiger partial charge in [-0.15, -0.1) is 0 Å². The third-order valence-electron chi connectivity index (χ3n) is 2.87. The first-order chi connectivity index (χ1) is 10.1. The van der Waals surface area contributed by atoms with Crippen molar-refractivity contribution >= 4 is 29.4 Å². The molecule has 0 aliphatic carbocycles. The number of imidazole rings is 1. The molecular formula is C14H11ClN4O2. The predicted octanol–water partition coefficient (Wildman–Crippen LogP) is 2.65. The van der Waals surface area contributed by atoms with Gasteiger partial charge in [0.15, 0.2) is 0 Å². The molecular weight excluding hydrogens is 292 g/mol. The Balaban J connectivity index is 1.87. The second-order valence-electron chi connectivity index (χ2n) is 4.34. The van der Waals surface area contributed by atoms with Crippen LogP contribution in [0.4, 0.5) is 0 Å². The number of hydrazone groups is 1. The van der Waals surface area contributed by atoms with Gasteiger partial charge in [-0.3, -0.25) is 9.20 Å². The maximum Gasteiger partial charge on any atom is 0.290 e. The monoisotopic (exact) mass is 302 g/mol. The van der Waals surface area contributed by atoms with Crippen LogP contribution in [0.5, 0.6) is 0 Å². The number of aryl methyl sites for hydroxylation is 1. The normalized spacial score (nSPS) is 11.3. The Hall–Kier alpha value is -2.60. The Kier molecular flexibility index (Phi) is 3.45. The SMILES string of the molecule is Cc1nc2ccc(Cl)cn2c1C(=O)NN=Cc1ccco1. The van der Waals surface area contributed by atoms with E-state index in [-0.39, 0.29) is 5.91 Å². The van der Waals surface area contributed by atoms with E-state index >= 15 is 0 Å². The zero-order chi connectivity index (χ0) is 14.8. The molecule has 6 nitrogen and oxygen atoms in total. The molecule has 1 amide bonds. The fraction of sp³-hybridized carbons (Fsp3) is 0.0714. The van der Waals surface area contributed by atoms with Crippen molar-refractivity contribution in [1.29, 1.82) is 0 Å². The van der Waals surface area contributed by atoms with Crippen molar-refractivity contribution in [2.24, 2.45) is 5.10 Å². The van der Waals surface area contributed by atoms with E-state index in [4.69, 9.17) is 16.0 Å². The van der Waals surface area contributed by atoms with Crippen LogP contribution in [-0.4, -0.2) is 21.5 Å². The number of nitrogens with one attached hydrogen (secondary N) is 1. The van der Waals surface area contributed by atoms with Gasteiger partial charge in [-0.05, 0) is 31.2 Å². The molecule has 0 aromatic carbocycles. The smallest absolute Gasteiger partial charge is 0.290 e. The number of carbonyl (C=O) groups is 1. The fourth-order valence-electron chi connectivity index (χ4n) is 1.98. The first-order valence-corrected chi connectivity index (χ1v) is 6.54. The summed E-state index contributed by atoms with van der Waals surface area (Å²) >= 11 is 5.95. The maximum absolute atomic E-state index is 12.2. The highest BCUT2D eigenvalue weighted by molar-refractivity contribution is 6.30. The lowest BCUT2D eigenvalue weighted by Gasteiger charge is -2.01. The van der Waals surface area contributed by atoms with Crippen LogP contribution in [-0.2, 0) is 0 Å². The van der Waals surface area contributed by atoms with Gasteiger partial charge in [-0.25, -0.2) is 10.4 Å². The van der Waals surface area contributed by atoms with Gasteiger partial charge in [0.05, 0.1) is 23.2 Å². The number of aromatic nitrogens is 2. The van der Waals surface area contributed by atoms with Crippen molar-refractivity contribution in [1.82, 2.24) is 14.8 Å². The first kappa shape index (κ1) is 13.4. The van der Waals surface area contributed by atoms with Gasteiger partial charge in [0.1, 0.15) is 17.1 Å². The van der Waals surface area contributed by atoms with Gasteiger partial charge < -0.3 is 4.42 Å². The highest BCUT2D eigenvalue weighted by atomic mass is 35.5. The summed E-state index contributed by atoms with van der Waals surface area (Å²) in [6.45, 7) is 1.76. The third kappa shape index (κ3) is 2.66. The van der Waals surface area contributed by atoms with Gasteiger partial charge in [-0.2, -0.15) is 5.10 Å². The first-order valence-electron chi connectivity index (χ1n) is 6.16. The Morgan fingerprint density at radius 3 is 3.10 bits per heavy atom. The summed E-state index contributed by atoms with van der Waals surface area (Å²) in [6.07, 6.45) is 4.59. The molecule has 0 saturated carbocycles. The van der Waals surface area contributed by atoms with E-state index in [9.17, 15) is 4.79 Å². The van der Waals surface area contributed by atoms with Crippen molar-refractivity contribution < 1.29 is 9.21 Å². The van der Waals surface area contributed by atoms with Gasteiger partial charge >= 0.3 is 0 Å². The average Bonchev–Trinajstić information content (AvgIpc) is 3.05. The van der Waals surface area contributed by atoms with Crippen LogP contribution in [0.15, 0.2) is 46.2 Å². The molecule has 0 spiro atoms. The van der Waals surface area contributed by atoms with Crippen molar-refractivity contribution in [3.63, 3.8) is 0 Å². The number of amides is 1. The molecule has 106 valence electrons. The second-order valence-corrected chi connectivity index (χ2v) is 4.77. The van der Waals surface area contributed by atoms with Crippen LogP contribution in [0.1, 0.15) is 21.9 Å². The van der Waals surface area contributed by atoms with E-state index in [0.717, 1.165) is 0 Å².